The Morgan fingerprint density at radius 2 is 1.76 bits per heavy atom. The number of imidazole rings is 1. The van der Waals surface area contributed by atoms with Gasteiger partial charge in [-0.05, 0) is 49.4 Å². The molecule has 0 atom stereocenters. The van der Waals surface area contributed by atoms with E-state index in [9.17, 15) is 4.79 Å². The summed E-state index contributed by atoms with van der Waals surface area (Å²) in [6.45, 7) is 8.02. The number of rotatable bonds is 2. The highest BCUT2D eigenvalue weighted by atomic mass is 16.5. The molecule has 0 radical (unpaired) electrons. The summed E-state index contributed by atoms with van der Waals surface area (Å²) >= 11 is 0. The van der Waals surface area contributed by atoms with Gasteiger partial charge in [-0.2, -0.15) is 5.10 Å². The summed E-state index contributed by atoms with van der Waals surface area (Å²) < 4.78 is 6.84. The largest absolute Gasteiger partial charge is 0.379 e. The Morgan fingerprint density at radius 3 is 2.46 bits per heavy atom. The lowest BCUT2D eigenvalue weighted by molar-refractivity contribution is 0.0503. The highest BCUT2D eigenvalue weighted by molar-refractivity contribution is 5.81. The summed E-state index contributed by atoms with van der Waals surface area (Å²) in [5.41, 5.74) is 5.83. The second-order valence-corrected chi connectivity index (χ2v) is 8.32. The van der Waals surface area contributed by atoms with E-state index in [4.69, 9.17) is 4.74 Å². The standard InChI is InChI=1S/C23H14N4O.C5H11NO.C2H6/c28-15-17-1-5-18(6-2-17)22-9-10-23-25-14-20(27(23)26-22)7-3-16-4-8-21-19(13-16)11-12-24-21;1-6-2-4-7-5-3-6;1-2/h1-2,4-6,8-15,24H;2-5H2,1H3;1-2H3. The third-order valence-corrected chi connectivity index (χ3v) is 5.83. The predicted molar refractivity (Wildman–Crippen MR) is 148 cm³/mol. The zero-order valence-electron chi connectivity index (χ0n) is 21.4. The van der Waals surface area contributed by atoms with Crippen LogP contribution in [0.1, 0.15) is 35.5 Å². The van der Waals surface area contributed by atoms with Crippen molar-refractivity contribution in [3.63, 3.8) is 0 Å². The quantitative estimate of drug-likeness (QED) is 0.275. The number of H-pyrrole nitrogens is 1. The first kappa shape index (κ1) is 25.8. The van der Waals surface area contributed by atoms with Gasteiger partial charge in [0.1, 0.15) is 12.0 Å². The van der Waals surface area contributed by atoms with Crippen LogP contribution in [0.4, 0.5) is 0 Å². The summed E-state index contributed by atoms with van der Waals surface area (Å²) in [5.74, 6) is 6.36. The SMILES string of the molecule is CC.CN1CCOCC1.O=Cc1ccc(-c2ccc3ncc(C#Cc4ccc5[nH]ccc5c4)n3n2)cc1. The van der Waals surface area contributed by atoms with E-state index in [1.165, 1.54) is 0 Å². The Morgan fingerprint density at radius 1 is 0.973 bits per heavy atom. The topological polar surface area (TPSA) is 75.5 Å². The molecule has 7 heteroatoms. The van der Waals surface area contributed by atoms with Gasteiger partial charge in [0.05, 0.1) is 25.1 Å². The van der Waals surface area contributed by atoms with Crippen molar-refractivity contribution < 1.29 is 9.53 Å². The minimum Gasteiger partial charge on any atom is -0.379 e. The fourth-order valence-corrected chi connectivity index (χ4v) is 3.77. The molecule has 0 saturated carbocycles. The average Bonchev–Trinajstić information content (AvgIpc) is 3.60. The van der Waals surface area contributed by atoms with Gasteiger partial charge in [0.15, 0.2) is 5.65 Å². The number of aldehydes is 1. The third-order valence-electron chi connectivity index (χ3n) is 5.83. The zero-order chi connectivity index (χ0) is 26.0. The molecule has 1 aliphatic rings. The average molecular weight is 494 g/mol. The maximum Gasteiger partial charge on any atom is 0.154 e. The maximum absolute atomic E-state index is 10.8. The molecule has 5 aromatic rings. The van der Waals surface area contributed by atoms with E-state index in [2.05, 4.69) is 44.9 Å². The smallest absolute Gasteiger partial charge is 0.154 e. The molecule has 0 spiro atoms. The monoisotopic (exact) mass is 493 g/mol. The molecule has 2 aromatic carbocycles. The van der Waals surface area contributed by atoms with Crippen LogP contribution in [-0.4, -0.2) is 64.1 Å². The van der Waals surface area contributed by atoms with Crippen LogP contribution < -0.4 is 0 Å². The number of hydrogen-bond donors (Lipinski definition) is 1. The molecule has 0 bridgehead atoms. The summed E-state index contributed by atoms with van der Waals surface area (Å²) in [5, 5.41) is 5.80. The molecule has 3 aromatic heterocycles. The van der Waals surface area contributed by atoms with Gasteiger partial charge in [-0.15, -0.1) is 0 Å². The molecule has 1 aliphatic heterocycles. The molecule has 1 N–H and O–H groups in total. The van der Waals surface area contributed by atoms with E-state index in [1.807, 2.05) is 62.5 Å². The zero-order valence-corrected chi connectivity index (χ0v) is 21.4. The fraction of sp³-hybridized carbons (Fsp3) is 0.233. The summed E-state index contributed by atoms with van der Waals surface area (Å²) in [6, 6.07) is 19.2. The number of carbonyl (C=O) groups is 1. The van der Waals surface area contributed by atoms with Crippen molar-refractivity contribution in [3.05, 3.63) is 89.9 Å². The molecular formula is C30H31N5O2. The molecule has 0 aliphatic carbocycles. The van der Waals surface area contributed by atoms with Crippen molar-refractivity contribution in [3.8, 4) is 23.1 Å². The van der Waals surface area contributed by atoms with Crippen LogP contribution in [0.5, 0.6) is 0 Å². The number of nitrogens with zero attached hydrogens (tertiary/aromatic N) is 4. The van der Waals surface area contributed by atoms with Gasteiger partial charge in [-0.25, -0.2) is 9.50 Å². The van der Waals surface area contributed by atoms with E-state index in [-0.39, 0.29) is 0 Å². The van der Waals surface area contributed by atoms with E-state index in [0.29, 0.717) is 5.56 Å². The van der Waals surface area contributed by atoms with Crippen LogP contribution in [0.15, 0.2) is 73.1 Å². The number of aromatic amines is 1. The lowest BCUT2D eigenvalue weighted by Gasteiger charge is -2.21. The molecule has 188 valence electrons. The molecule has 6 rings (SSSR count). The number of benzene rings is 2. The van der Waals surface area contributed by atoms with E-state index >= 15 is 0 Å². The van der Waals surface area contributed by atoms with Crippen LogP contribution in [0.3, 0.4) is 0 Å². The summed E-state index contributed by atoms with van der Waals surface area (Å²) in [6.07, 6.45) is 4.47. The Hall–Kier alpha value is -4.25. The highest BCUT2D eigenvalue weighted by Gasteiger charge is 2.06. The van der Waals surface area contributed by atoms with Gasteiger partial charge in [-0.1, -0.05) is 44.0 Å². The van der Waals surface area contributed by atoms with Gasteiger partial charge in [0.25, 0.3) is 0 Å². The molecule has 1 saturated heterocycles. The van der Waals surface area contributed by atoms with Crippen molar-refractivity contribution in [1.82, 2.24) is 24.5 Å². The number of morpholine rings is 1. The minimum absolute atomic E-state index is 0.637. The molecule has 37 heavy (non-hydrogen) atoms. The van der Waals surface area contributed by atoms with Crippen LogP contribution in [0.25, 0.3) is 27.8 Å². The van der Waals surface area contributed by atoms with Crippen molar-refractivity contribution in [2.45, 2.75) is 13.8 Å². The molecule has 4 heterocycles. The van der Waals surface area contributed by atoms with Crippen LogP contribution >= 0.6 is 0 Å². The summed E-state index contributed by atoms with van der Waals surface area (Å²) in [4.78, 5) is 20.7. The minimum atomic E-state index is 0.637. The number of likely N-dealkylation sites (N-methyl/N-ethyl adjacent to an activating group) is 1. The Balaban J connectivity index is 0.000000305. The van der Waals surface area contributed by atoms with Gasteiger partial charge in [0, 0.05) is 46.9 Å². The lowest BCUT2D eigenvalue weighted by atomic mass is 10.1. The fourth-order valence-electron chi connectivity index (χ4n) is 3.77. The number of carbonyl (C=O) groups excluding carboxylic acids is 1. The number of fused-ring (bicyclic) bond motifs is 2. The molecular weight excluding hydrogens is 462 g/mol. The first-order chi connectivity index (χ1) is 18.2. The van der Waals surface area contributed by atoms with E-state index in [0.717, 1.165) is 71.7 Å². The van der Waals surface area contributed by atoms with Crippen molar-refractivity contribution in [2.24, 2.45) is 0 Å². The highest BCUT2D eigenvalue weighted by Crippen LogP contribution is 2.18. The number of ether oxygens (including phenoxy) is 1. The predicted octanol–water partition coefficient (Wildman–Crippen LogP) is 5.06. The van der Waals surface area contributed by atoms with Gasteiger partial charge in [-0.3, -0.25) is 4.79 Å². The molecule has 1 fully saturated rings. The Kier molecular flexibility index (Phi) is 8.82. The normalized spacial score (nSPS) is 13.1. The Labute approximate surface area is 217 Å². The van der Waals surface area contributed by atoms with Crippen molar-refractivity contribution in [2.75, 3.05) is 33.4 Å². The summed E-state index contributed by atoms with van der Waals surface area (Å²) in [7, 11) is 2.11. The van der Waals surface area contributed by atoms with Gasteiger partial charge in [0.2, 0.25) is 0 Å². The van der Waals surface area contributed by atoms with Crippen LogP contribution in [0, 0.1) is 11.8 Å². The van der Waals surface area contributed by atoms with Crippen molar-refractivity contribution >= 4 is 22.8 Å². The second kappa shape index (κ2) is 12.6. The number of hydrogen-bond acceptors (Lipinski definition) is 5. The Bertz CT molecular complexity index is 1520. The number of nitrogens with one attached hydrogen (secondary N) is 1. The van der Waals surface area contributed by atoms with E-state index in [1.54, 1.807) is 22.8 Å². The van der Waals surface area contributed by atoms with Crippen LogP contribution in [-0.2, 0) is 4.74 Å². The second-order valence-electron chi connectivity index (χ2n) is 8.32. The van der Waals surface area contributed by atoms with E-state index < -0.39 is 0 Å². The maximum atomic E-state index is 10.8. The van der Waals surface area contributed by atoms with Gasteiger partial charge >= 0.3 is 0 Å². The lowest BCUT2D eigenvalue weighted by Crippen LogP contribution is -2.32. The molecule has 0 amide bonds. The first-order valence-electron chi connectivity index (χ1n) is 12.5. The third kappa shape index (κ3) is 6.50. The molecule has 0 unspecified atom stereocenters. The number of aromatic nitrogens is 4. The van der Waals surface area contributed by atoms with Crippen LogP contribution in [0.2, 0.25) is 0 Å². The van der Waals surface area contributed by atoms with Gasteiger partial charge < -0.3 is 14.6 Å². The first-order valence-corrected chi connectivity index (χ1v) is 12.5. The van der Waals surface area contributed by atoms with Crippen molar-refractivity contribution in [1.29, 1.82) is 0 Å². The molecule has 7 nitrogen and oxygen atoms in total.